The van der Waals surface area contributed by atoms with E-state index in [2.05, 4.69) is 11.9 Å². The van der Waals surface area contributed by atoms with E-state index in [4.69, 9.17) is 10.5 Å². The minimum Gasteiger partial charge on any atom is -0.390 e. The van der Waals surface area contributed by atoms with E-state index in [0.29, 0.717) is 19.7 Å². The molecule has 0 spiro atoms. The molecule has 1 aliphatic heterocycles. The molecule has 1 atom stereocenters. The summed E-state index contributed by atoms with van der Waals surface area (Å²) < 4.78 is 5.56. The molecule has 1 saturated heterocycles. The van der Waals surface area contributed by atoms with Crippen LogP contribution in [-0.2, 0) is 9.53 Å². The topological polar surface area (TPSA) is 67.9 Å². The zero-order chi connectivity index (χ0) is 11.8. The largest absolute Gasteiger partial charge is 0.390 e. The molecule has 5 nitrogen and oxygen atoms in total. The fourth-order valence-corrected chi connectivity index (χ4v) is 1.68. The molecule has 90 valence electrons. The predicted molar refractivity (Wildman–Crippen MR) is 63.0 cm³/mol. The van der Waals surface area contributed by atoms with Crippen LogP contribution >= 0.6 is 0 Å². The van der Waals surface area contributed by atoms with Gasteiger partial charge in [-0.3, -0.25) is 4.79 Å². The highest BCUT2D eigenvalue weighted by Crippen LogP contribution is 2.10. The Morgan fingerprint density at radius 2 is 2.50 bits per heavy atom. The summed E-state index contributed by atoms with van der Waals surface area (Å²) >= 11 is 0. The van der Waals surface area contributed by atoms with Crippen LogP contribution in [0.3, 0.4) is 0 Å². The number of rotatable bonds is 4. The number of nitrogens with zero attached hydrogens (tertiary/aromatic N) is 2. The van der Waals surface area contributed by atoms with Crippen molar-refractivity contribution in [2.75, 3.05) is 19.7 Å². The molecule has 0 radical (unpaired) electrons. The van der Waals surface area contributed by atoms with E-state index in [-0.39, 0.29) is 12.0 Å². The highest BCUT2D eigenvalue weighted by molar-refractivity contribution is 5.87. The maximum absolute atomic E-state index is 11.7. The Balaban J connectivity index is 2.43. The lowest BCUT2D eigenvalue weighted by molar-refractivity contribution is -0.133. The van der Waals surface area contributed by atoms with Crippen LogP contribution in [0.5, 0.6) is 0 Å². The molecule has 0 aliphatic carbocycles. The normalized spacial score (nSPS) is 22.1. The van der Waals surface area contributed by atoms with Crippen LogP contribution in [0.15, 0.2) is 17.3 Å². The van der Waals surface area contributed by atoms with Crippen molar-refractivity contribution in [3.63, 3.8) is 0 Å². The van der Waals surface area contributed by atoms with Gasteiger partial charge in [0.05, 0.1) is 19.0 Å². The smallest absolute Gasteiger partial charge is 0.248 e. The number of aliphatic imine (C=N–C) groups is 1. The van der Waals surface area contributed by atoms with Crippen LogP contribution in [0.2, 0.25) is 0 Å². The molecule has 5 heteroatoms. The number of carbonyl (C=O) groups is 1. The maximum Gasteiger partial charge on any atom is 0.248 e. The molecule has 16 heavy (non-hydrogen) atoms. The molecule has 1 aliphatic rings. The van der Waals surface area contributed by atoms with Gasteiger partial charge in [-0.05, 0) is 6.42 Å². The van der Waals surface area contributed by atoms with Gasteiger partial charge in [0.15, 0.2) is 0 Å². The Kier molecular flexibility index (Phi) is 5.56. The van der Waals surface area contributed by atoms with Crippen molar-refractivity contribution in [1.82, 2.24) is 4.90 Å². The Labute approximate surface area is 96.0 Å². The van der Waals surface area contributed by atoms with E-state index in [1.54, 1.807) is 4.90 Å². The first-order valence-corrected chi connectivity index (χ1v) is 5.58. The number of amides is 1. The van der Waals surface area contributed by atoms with Gasteiger partial charge in [-0.15, -0.1) is 0 Å². The Morgan fingerprint density at radius 1 is 1.69 bits per heavy atom. The van der Waals surface area contributed by atoms with Crippen molar-refractivity contribution < 1.29 is 9.53 Å². The van der Waals surface area contributed by atoms with E-state index < -0.39 is 0 Å². The van der Waals surface area contributed by atoms with Gasteiger partial charge in [-0.25, -0.2) is 4.99 Å². The molecule has 0 aromatic rings. The molecule has 1 heterocycles. The average molecular weight is 225 g/mol. The molecule has 0 aromatic carbocycles. The monoisotopic (exact) mass is 225 g/mol. The van der Waals surface area contributed by atoms with Gasteiger partial charge in [0.25, 0.3) is 0 Å². The molecule has 1 unspecified atom stereocenters. The molecular weight excluding hydrogens is 206 g/mol. The minimum atomic E-state index is -0.0324. The summed E-state index contributed by atoms with van der Waals surface area (Å²) in [6.07, 6.45) is 6.23. The summed E-state index contributed by atoms with van der Waals surface area (Å²) in [4.78, 5) is 17.1. The summed E-state index contributed by atoms with van der Waals surface area (Å²) in [5.41, 5.74) is 5.07. The Bertz CT molecular complexity index is 274. The highest BCUT2D eigenvalue weighted by atomic mass is 16.5. The second kappa shape index (κ2) is 7.00. The maximum atomic E-state index is 11.7. The predicted octanol–water partition coefficient (Wildman–Crippen LogP) is 0.515. The summed E-state index contributed by atoms with van der Waals surface area (Å²) in [6.45, 7) is 4.05. The van der Waals surface area contributed by atoms with Crippen molar-refractivity contribution >= 4 is 12.2 Å². The van der Waals surface area contributed by atoms with Gasteiger partial charge >= 0.3 is 0 Å². The zero-order valence-corrected chi connectivity index (χ0v) is 9.63. The van der Waals surface area contributed by atoms with Crippen molar-refractivity contribution in [3.8, 4) is 0 Å². The lowest BCUT2D eigenvalue weighted by Gasteiger charge is -2.32. The Morgan fingerprint density at radius 3 is 3.19 bits per heavy atom. The van der Waals surface area contributed by atoms with Crippen LogP contribution in [0, 0.1) is 0 Å². The molecule has 0 bridgehead atoms. The van der Waals surface area contributed by atoms with E-state index in [9.17, 15) is 4.79 Å². The highest BCUT2D eigenvalue weighted by Gasteiger charge is 2.21. The fraction of sp³-hybridized carbons (Fsp3) is 0.636. The molecule has 0 aromatic heterocycles. The van der Waals surface area contributed by atoms with Gasteiger partial charge in [0.1, 0.15) is 0 Å². The average Bonchev–Trinajstić information content (AvgIpc) is 2.30. The van der Waals surface area contributed by atoms with Crippen LogP contribution < -0.4 is 5.73 Å². The molecular formula is C11H19N3O2. The second-order valence-electron chi connectivity index (χ2n) is 3.68. The molecule has 1 amide bonds. The van der Waals surface area contributed by atoms with Gasteiger partial charge in [0.2, 0.25) is 5.91 Å². The van der Waals surface area contributed by atoms with E-state index >= 15 is 0 Å². The lowest BCUT2D eigenvalue weighted by atomic mass is 10.1. The molecule has 2 N–H and O–H groups in total. The minimum absolute atomic E-state index is 0.0324. The SMILES string of the molecule is CCCC1CN(C(=O)/C=C/N=CN)CCO1. The number of carbonyl (C=O) groups excluding carboxylic acids is 1. The third-order valence-electron chi connectivity index (χ3n) is 2.45. The summed E-state index contributed by atoms with van der Waals surface area (Å²) in [5.74, 6) is -0.0324. The quantitative estimate of drug-likeness (QED) is 0.431. The third kappa shape index (κ3) is 4.02. The van der Waals surface area contributed by atoms with Crippen molar-refractivity contribution in [1.29, 1.82) is 0 Å². The van der Waals surface area contributed by atoms with E-state index in [0.717, 1.165) is 19.2 Å². The summed E-state index contributed by atoms with van der Waals surface area (Å²) in [6, 6.07) is 0. The number of hydrogen-bond donors (Lipinski definition) is 1. The molecule has 0 saturated carbocycles. The Hall–Kier alpha value is -1.36. The number of ether oxygens (including phenoxy) is 1. The molecule has 1 fully saturated rings. The second-order valence-corrected chi connectivity index (χ2v) is 3.68. The van der Waals surface area contributed by atoms with Crippen molar-refractivity contribution in [2.24, 2.45) is 10.7 Å². The van der Waals surface area contributed by atoms with E-state index in [1.165, 1.54) is 12.3 Å². The van der Waals surface area contributed by atoms with Crippen LogP contribution in [0.1, 0.15) is 19.8 Å². The van der Waals surface area contributed by atoms with Crippen molar-refractivity contribution in [3.05, 3.63) is 12.3 Å². The molecule has 1 rings (SSSR count). The first-order chi connectivity index (χ1) is 7.77. The number of nitrogens with two attached hydrogens (primary N) is 1. The number of hydrogen-bond acceptors (Lipinski definition) is 3. The summed E-state index contributed by atoms with van der Waals surface area (Å²) in [5, 5.41) is 0. The van der Waals surface area contributed by atoms with E-state index in [1.807, 2.05) is 0 Å². The third-order valence-corrected chi connectivity index (χ3v) is 2.45. The first-order valence-electron chi connectivity index (χ1n) is 5.58. The van der Waals surface area contributed by atoms with Gasteiger partial charge in [-0.2, -0.15) is 0 Å². The fourth-order valence-electron chi connectivity index (χ4n) is 1.68. The standard InChI is InChI=1S/C11H19N3O2/c1-2-3-10-8-14(6-7-16-10)11(15)4-5-13-9-12/h4-5,9-10H,2-3,6-8H2,1H3,(H2,12,13)/b5-4+. The van der Waals surface area contributed by atoms with Gasteiger partial charge in [-0.1, -0.05) is 13.3 Å². The zero-order valence-electron chi connectivity index (χ0n) is 9.63. The lowest BCUT2D eigenvalue weighted by Crippen LogP contribution is -2.44. The van der Waals surface area contributed by atoms with Crippen LogP contribution in [0.25, 0.3) is 0 Å². The van der Waals surface area contributed by atoms with Gasteiger partial charge in [0, 0.05) is 25.4 Å². The summed E-state index contributed by atoms with van der Waals surface area (Å²) in [7, 11) is 0. The van der Waals surface area contributed by atoms with Gasteiger partial charge < -0.3 is 15.4 Å². The van der Waals surface area contributed by atoms with Crippen LogP contribution in [0.4, 0.5) is 0 Å². The van der Waals surface area contributed by atoms with Crippen molar-refractivity contribution in [2.45, 2.75) is 25.9 Å². The van der Waals surface area contributed by atoms with Crippen LogP contribution in [-0.4, -0.2) is 42.9 Å². The first kappa shape index (κ1) is 12.7. The number of morpholine rings is 1.